The molecule has 1 amide bonds. The molecule has 0 fully saturated rings. The fourth-order valence-corrected chi connectivity index (χ4v) is 4.47. The van der Waals surface area contributed by atoms with Gasteiger partial charge in [0.05, 0.1) is 6.20 Å². The molecular formula is C29H29N7O. The highest BCUT2D eigenvalue weighted by molar-refractivity contribution is 5.92. The Kier molecular flexibility index (Phi) is 7.16. The van der Waals surface area contributed by atoms with Gasteiger partial charge >= 0.3 is 0 Å². The third-order valence-corrected chi connectivity index (χ3v) is 6.47. The fourth-order valence-electron chi connectivity index (χ4n) is 4.47. The van der Waals surface area contributed by atoms with Crippen molar-refractivity contribution in [2.24, 2.45) is 0 Å². The van der Waals surface area contributed by atoms with Gasteiger partial charge < -0.3 is 9.88 Å². The fraction of sp³-hybridized carbons (Fsp3) is 0.207. The van der Waals surface area contributed by atoms with Gasteiger partial charge in [0.1, 0.15) is 11.5 Å². The van der Waals surface area contributed by atoms with E-state index in [-0.39, 0.29) is 5.91 Å². The van der Waals surface area contributed by atoms with Gasteiger partial charge in [0.2, 0.25) is 5.82 Å². The molecule has 0 aliphatic rings. The van der Waals surface area contributed by atoms with Crippen LogP contribution in [0.3, 0.4) is 0 Å². The first-order valence-corrected chi connectivity index (χ1v) is 12.5. The van der Waals surface area contributed by atoms with Crippen molar-refractivity contribution >= 4 is 5.91 Å². The highest BCUT2D eigenvalue weighted by Gasteiger charge is 2.17. The van der Waals surface area contributed by atoms with Crippen molar-refractivity contribution in [3.63, 3.8) is 0 Å². The number of nitrogens with one attached hydrogen (secondary N) is 2. The summed E-state index contributed by atoms with van der Waals surface area (Å²) in [6.45, 7) is 2.73. The van der Waals surface area contributed by atoms with E-state index in [0.29, 0.717) is 18.1 Å². The normalized spacial score (nSPS) is 11.0. The van der Waals surface area contributed by atoms with Crippen LogP contribution in [0.4, 0.5) is 0 Å². The molecule has 0 unspecified atom stereocenters. The van der Waals surface area contributed by atoms with Crippen molar-refractivity contribution in [1.82, 2.24) is 35.5 Å². The molecule has 0 saturated carbocycles. The van der Waals surface area contributed by atoms with Crippen LogP contribution in [0.5, 0.6) is 0 Å². The van der Waals surface area contributed by atoms with Crippen molar-refractivity contribution in [1.29, 1.82) is 0 Å². The van der Waals surface area contributed by atoms with Crippen LogP contribution in [0, 0.1) is 0 Å². The number of carbonyl (C=O) groups is 1. The SMILES string of the molecule is CCCCc1ncc(C(=O)NC)n1Cc1ccc(-c2cc(-c3ccccc3)ccc2-c2nn[nH]n2)cc1. The van der Waals surface area contributed by atoms with Crippen LogP contribution in [-0.2, 0) is 13.0 Å². The highest BCUT2D eigenvalue weighted by Crippen LogP contribution is 2.34. The van der Waals surface area contributed by atoms with Gasteiger partial charge in [0, 0.05) is 25.6 Å². The third kappa shape index (κ3) is 5.18. The number of aryl methyl sites for hydroxylation is 1. The van der Waals surface area contributed by atoms with Gasteiger partial charge in [-0.05, 0) is 51.6 Å². The quantitative estimate of drug-likeness (QED) is 0.297. The zero-order valence-corrected chi connectivity index (χ0v) is 21.0. The molecule has 2 N–H and O–H groups in total. The molecule has 2 heterocycles. The van der Waals surface area contributed by atoms with E-state index >= 15 is 0 Å². The average molecular weight is 492 g/mol. The molecule has 0 spiro atoms. The number of benzene rings is 3. The van der Waals surface area contributed by atoms with Crippen LogP contribution in [0.15, 0.2) is 79.0 Å². The lowest BCUT2D eigenvalue weighted by molar-refractivity contribution is 0.0954. The Balaban J connectivity index is 1.50. The zero-order chi connectivity index (χ0) is 25.6. The number of aromatic amines is 1. The van der Waals surface area contributed by atoms with Gasteiger partial charge in [-0.1, -0.05) is 74.0 Å². The number of hydrogen-bond donors (Lipinski definition) is 2. The standard InChI is InChI=1S/C29H29N7O/c1-3-4-10-27-31-18-26(29(37)30-2)36(27)19-20-11-13-22(14-12-20)25-17-23(21-8-6-5-7-9-21)15-16-24(25)28-32-34-35-33-28/h5-9,11-18H,3-4,10,19H2,1-2H3,(H,30,37)(H,32,33,34,35). The Bertz CT molecular complexity index is 1470. The Morgan fingerprint density at radius 2 is 1.73 bits per heavy atom. The van der Waals surface area contributed by atoms with E-state index in [4.69, 9.17) is 0 Å². The largest absolute Gasteiger partial charge is 0.354 e. The maximum Gasteiger partial charge on any atom is 0.269 e. The highest BCUT2D eigenvalue weighted by atomic mass is 16.1. The molecule has 0 atom stereocenters. The summed E-state index contributed by atoms with van der Waals surface area (Å²) in [6, 6.07) is 25.0. The Hall–Kier alpha value is -4.59. The molecule has 186 valence electrons. The predicted molar refractivity (Wildman–Crippen MR) is 144 cm³/mol. The van der Waals surface area contributed by atoms with E-state index in [1.54, 1.807) is 13.2 Å². The Morgan fingerprint density at radius 1 is 0.946 bits per heavy atom. The van der Waals surface area contributed by atoms with Gasteiger partial charge in [0.25, 0.3) is 5.91 Å². The van der Waals surface area contributed by atoms with E-state index in [1.165, 1.54) is 0 Å². The predicted octanol–water partition coefficient (Wildman–Crippen LogP) is 5.15. The average Bonchev–Trinajstić information content (AvgIpc) is 3.63. The molecule has 3 aromatic carbocycles. The first-order chi connectivity index (χ1) is 18.2. The zero-order valence-electron chi connectivity index (χ0n) is 21.0. The second-order valence-electron chi connectivity index (χ2n) is 8.89. The smallest absolute Gasteiger partial charge is 0.269 e. The van der Waals surface area contributed by atoms with E-state index in [2.05, 4.69) is 86.4 Å². The lowest BCUT2D eigenvalue weighted by Gasteiger charge is -2.13. The molecule has 5 rings (SSSR count). The number of unbranched alkanes of at least 4 members (excludes halogenated alkanes) is 1. The molecule has 5 aromatic rings. The van der Waals surface area contributed by atoms with Crippen molar-refractivity contribution in [3.05, 3.63) is 96.1 Å². The molecule has 0 aliphatic carbocycles. The molecule has 8 nitrogen and oxygen atoms in total. The Labute approximate surface area is 215 Å². The number of hydrogen-bond acceptors (Lipinski definition) is 5. The lowest BCUT2D eigenvalue weighted by atomic mass is 9.93. The van der Waals surface area contributed by atoms with Gasteiger partial charge in [-0.15, -0.1) is 10.2 Å². The molecule has 8 heteroatoms. The summed E-state index contributed by atoms with van der Waals surface area (Å²) >= 11 is 0. The minimum atomic E-state index is -0.130. The van der Waals surface area contributed by atoms with Crippen LogP contribution in [0.1, 0.15) is 41.6 Å². The van der Waals surface area contributed by atoms with E-state index in [0.717, 1.165) is 58.5 Å². The number of aromatic nitrogens is 6. The topological polar surface area (TPSA) is 101 Å². The van der Waals surface area contributed by atoms with Crippen LogP contribution in [0.25, 0.3) is 33.6 Å². The van der Waals surface area contributed by atoms with Crippen LogP contribution in [-0.4, -0.2) is 43.1 Å². The maximum absolute atomic E-state index is 12.5. The number of H-pyrrole nitrogens is 1. The van der Waals surface area contributed by atoms with Crippen LogP contribution < -0.4 is 5.32 Å². The maximum atomic E-state index is 12.5. The van der Waals surface area contributed by atoms with Crippen molar-refractivity contribution in [2.75, 3.05) is 7.05 Å². The van der Waals surface area contributed by atoms with Crippen molar-refractivity contribution < 1.29 is 4.79 Å². The van der Waals surface area contributed by atoms with Crippen LogP contribution in [0.2, 0.25) is 0 Å². The van der Waals surface area contributed by atoms with E-state index in [1.807, 2.05) is 28.8 Å². The summed E-state index contributed by atoms with van der Waals surface area (Å²) in [7, 11) is 1.64. The second-order valence-corrected chi connectivity index (χ2v) is 8.89. The third-order valence-electron chi connectivity index (χ3n) is 6.47. The number of imidazole rings is 1. The molecule has 37 heavy (non-hydrogen) atoms. The summed E-state index contributed by atoms with van der Waals surface area (Å²) in [5, 5.41) is 17.5. The summed E-state index contributed by atoms with van der Waals surface area (Å²) in [6.07, 6.45) is 4.61. The van der Waals surface area contributed by atoms with Gasteiger partial charge in [-0.2, -0.15) is 5.21 Å². The van der Waals surface area contributed by atoms with E-state index < -0.39 is 0 Å². The lowest BCUT2D eigenvalue weighted by Crippen LogP contribution is -2.22. The summed E-state index contributed by atoms with van der Waals surface area (Å²) in [5.74, 6) is 1.35. The number of carbonyl (C=O) groups excluding carboxylic acids is 1. The molecule has 0 radical (unpaired) electrons. The second kappa shape index (κ2) is 11.0. The summed E-state index contributed by atoms with van der Waals surface area (Å²) in [4.78, 5) is 17.0. The number of rotatable bonds is 9. The molecule has 2 aromatic heterocycles. The van der Waals surface area contributed by atoms with E-state index in [9.17, 15) is 4.79 Å². The molecular weight excluding hydrogens is 462 g/mol. The number of tetrazole rings is 1. The number of amides is 1. The minimum Gasteiger partial charge on any atom is -0.354 e. The molecule has 0 saturated heterocycles. The van der Waals surface area contributed by atoms with Crippen molar-refractivity contribution in [3.8, 4) is 33.6 Å². The van der Waals surface area contributed by atoms with Gasteiger partial charge in [-0.25, -0.2) is 4.98 Å². The Morgan fingerprint density at radius 3 is 2.43 bits per heavy atom. The first-order valence-electron chi connectivity index (χ1n) is 12.5. The molecule has 0 aliphatic heterocycles. The van der Waals surface area contributed by atoms with Gasteiger partial charge in [0.15, 0.2) is 0 Å². The summed E-state index contributed by atoms with van der Waals surface area (Å²) < 4.78 is 2.02. The van der Waals surface area contributed by atoms with Gasteiger partial charge in [-0.3, -0.25) is 4.79 Å². The minimum absolute atomic E-state index is 0.130. The van der Waals surface area contributed by atoms with Crippen LogP contribution >= 0.6 is 0 Å². The van der Waals surface area contributed by atoms with Crippen molar-refractivity contribution in [2.45, 2.75) is 32.7 Å². The first kappa shape index (κ1) is 24.1. The monoisotopic (exact) mass is 491 g/mol. The summed E-state index contributed by atoms with van der Waals surface area (Å²) in [5.41, 5.74) is 6.89. The molecule has 0 bridgehead atoms. The number of nitrogens with zero attached hydrogens (tertiary/aromatic N) is 5.